The maximum absolute atomic E-state index is 12.2. The molecule has 15 nitrogen and oxygen atoms in total. The standard InChI is InChI=1S/C43H70O15/c1-20(45)54-32-28(48)22(47)18-53-36(32)57-26-10-12-43-19-42(43)14-13-39(6)33(41(8)11-9-27(58-41)38(4,5)52)21(46)16-40(39,7)25(42)15-23(34(43)37(26,2)3)55-35-31(51)30(50)29(49)24(17-44)56-35/h21-36,44,46-52H,9-19H2,1-8H3/t21-,22-,23+,24-,25+,26+,27+,28-,29-,30+,31-,32-,33-,34-,35-,36+,39-,40+,41+,42+,43-/m1/s1. The van der Waals surface area contributed by atoms with Gasteiger partial charge in [0.2, 0.25) is 0 Å². The van der Waals surface area contributed by atoms with Crippen molar-refractivity contribution in [3.8, 4) is 0 Å². The minimum Gasteiger partial charge on any atom is -0.454 e. The molecule has 8 aliphatic rings. The molecule has 8 fully saturated rings. The highest BCUT2D eigenvalue weighted by Crippen LogP contribution is 2.89. The SMILES string of the molecule is CC(=O)O[C@H]1[C@H](O[C@H]2CC[C@]34C[C@]35CC[C@]3(C)[C@H]([C@]6(C)CC[C@@H](C(C)(C)O)O6)[C@H](O)C[C@@]3(C)[C@@H]5C[C@H](O[C@@H]3O[C@H](CO)[C@@H](O)[C@H](O)[C@H]3O)[C@@H]4C2(C)C)OC[C@@H](O)[C@H]1O. The lowest BCUT2D eigenvalue weighted by Gasteiger charge is -2.65. The van der Waals surface area contributed by atoms with E-state index in [4.69, 9.17) is 28.4 Å². The van der Waals surface area contributed by atoms with E-state index in [2.05, 4.69) is 34.6 Å². The van der Waals surface area contributed by atoms with Gasteiger partial charge in [0.25, 0.3) is 0 Å². The first-order valence-corrected chi connectivity index (χ1v) is 21.8. The van der Waals surface area contributed by atoms with Crippen LogP contribution in [0.15, 0.2) is 0 Å². The molecule has 0 aromatic carbocycles. The van der Waals surface area contributed by atoms with Gasteiger partial charge in [0, 0.05) is 12.8 Å². The lowest BCUT2D eigenvalue weighted by molar-refractivity contribution is -0.339. The molecular weight excluding hydrogens is 756 g/mol. The van der Waals surface area contributed by atoms with Crippen molar-refractivity contribution in [1.29, 1.82) is 0 Å². The number of aliphatic hydroxyl groups excluding tert-OH is 7. The van der Waals surface area contributed by atoms with Gasteiger partial charge in [0.1, 0.15) is 36.6 Å². The van der Waals surface area contributed by atoms with Gasteiger partial charge in [-0.3, -0.25) is 4.79 Å². The van der Waals surface area contributed by atoms with Gasteiger partial charge < -0.3 is 69.3 Å². The number of hydrogen-bond donors (Lipinski definition) is 8. The summed E-state index contributed by atoms with van der Waals surface area (Å²) in [5.41, 5.74) is -3.32. The van der Waals surface area contributed by atoms with Crippen molar-refractivity contribution in [1.82, 2.24) is 0 Å². The first kappa shape index (κ1) is 43.6. The molecule has 8 N–H and O–H groups in total. The number of rotatable bonds is 8. The Morgan fingerprint density at radius 2 is 1.50 bits per heavy atom. The molecule has 3 heterocycles. The molecule has 58 heavy (non-hydrogen) atoms. The summed E-state index contributed by atoms with van der Waals surface area (Å²) in [4.78, 5) is 12.1. The van der Waals surface area contributed by atoms with Crippen LogP contribution in [0.1, 0.15) is 113 Å². The zero-order valence-corrected chi connectivity index (χ0v) is 35.5. The highest BCUT2D eigenvalue weighted by Gasteiger charge is 2.85. The van der Waals surface area contributed by atoms with E-state index in [0.717, 1.165) is 32.1 Å². The van der Waals surface area contributed by atoms with Gasteiger partial charge in [0.05, 0.1) is 48.8 Å². The van der Waals surface area contributed by atoms with Gasteiger partial charge in [-0.2, -0.15) is 0 Å². The van der Waals surface area contributed by atoms with E-state index in [1.165, 1.54) is 6.92 Å². The second-order valence-electron chi connectivity index (χ2n) is 21.6. The molecule has 2 spiro atoms. The Morgan fingerprint density at radius 3 is 2.14 bits per heavy atom. The van der Waals surface area contributed by atoms with E-state index >= 15 is 0 Å². The van der Waals surface area contributed by atoms with Crippen LogP contribution in [-0.4, -0.2) is 151 Å². The smallest absolute Gasteiger partial charge is 0.303 e. The minimum atomic E-state index is -1.62. The van der Waals surface area contributed by atoms with E-state index < -0.39 is 103 Å². The molecule has 5 aliphatic carbocycles. The van der Waals surface area contributed by atoms with E-state index in [0.29, 0.717) is 25.7 Å². The Hall–Kier alpha value is -1.05. The number of ether oxygens (including phenoxy) is 6. The first-order valence-electron chi connectivity index (χ1n) is 21.8. The average Bonchev–Trinajstić information content (AvgIpc) is 3.50. The van der Waals surface area contributed by atoms with Crippen LogP contribution in [-0.2, 0) is 33.2 Å². The quantitative estimate of drug-likeness (QED) is 0.127. The van der Waals surface area contributed by atoms with Crippen molar-refractivity contribution >= 4 is 5.97 Å². The summed E-state index contributed by atoms with van der Waals surface area (Å²) >= 11 is 0. The molecule has 3 saturated heterocycles. The summed E-state index contributed by atoms with van der Waals surface area (Å²) in [6.07, 6.45) is -7.66. The molecule has 3 aliphatic heterocycles. The summed E-state index contributed by atoms with van der Waals surface area (Å²) in [6, 6.07) is 0. The highest BCUT2D eigenvalue weighted by molar-refractivity contribution is 5.66. The molecule has 0 bridgehead atoms. The van der Waals surface area contributed by atoms with Crippen LogP contribution in [0, 0.1) is 44.8 Å². The molecule has 332 valence electrons. The third-order valence-electron chi connectivity index (χ3n) is 17.9. The van der Waals surface area contributed by atoms with Gasteiger partial charge in [-0.25, -0.2) is 0 Å². The number of fused-ring (bicyclic) bond motifs is 2. The van der Waals surface area contributed by atoms with Crippen LogP contribution in [0.4, 0.5) is 0 Å². The summed E-state index contributed by atoms with van der Waals surface area (Å²) in [7, 11) is 0. The van der Waals surface area contributed by atoms with E-state index in [9.17, 15) is 45.6 Å². The molecule has 15 heteroatoms. The molecule has 0 amide bonds. The fourth-order valence-corrected chi connectivity index (χ4v) is 15.2. The Labute approximate surface area is 341 Å². The zero-order valence-electron chi connectivity index (χ0n) is 35.5. The number of carbonyl (C=O) groups is 1. The Balaban J connectivity index is 1.15. The van der Waals surface area contributed by atoms with Crippen LogP contribution in [0.25, 0.3) is 0 Å². The third-order valence-corrected chi connectivity index (χ3v) is 17.9. The summed E-state index contributed by atoms with van der Waals surface area (Å²) in [5, 5.41) is 87.3. The lowest BCUT2D eigenvalue weighted by atomic mass is 9.41. The fraction of sp³-hybridized carbons (Fsp3) is 0.977. The normalized spacial score (nSPS) is 56.1. The van der Waals surface area contributed by atoms with E-state index in [-0.39, 0.29) is 52.1 Å². The van der Waals surface area contributed by atoms with Crippen molar-refractivity contribution in [2.75, 3.05) is 13.2 Å². The molecule has 5 saturated carbocycles. The molecule has 0 aromatic heterocycles. The van der Waals surface area contributed by atoms with E-state index in [1.807, 2.05) is 0 Å². The van der Waals surface area contributed by atoms with Crippen molar-refractivity contribution in [2.45, 2.75) is 204 Å². The number of hydrogen-bond acceptors (Lipinski definition) is 15. The molecule has 8 rings (SSSR count). The van der Waals surface area contributed by atoms with Crippen LogP contribution in [0.5, 0.6) is 0 Å². The monoisotopic (exact) mass is 826 g/mol. The number of carbonyl (C=O) groups excluding carboxylic acids is 1. The third kappa shape index (κ3) is 6.17. The maximum Gasteiger partial charge on any atom is 0.303 e. The molecule has 0 radical (unpaired) electrons. The van der Waals surface area contributed by atoms with Crippen molar-refractivity contribution < 1.29 is 74.1 Å². The van der Waals surface area contributed by atoms with Crippen LogP contribution < -0.4 is 0 Å². The van der Waals surface area contributed by atoms with E-state index in [1.54, 1.807) is 13.8 Å². The van der Waals surface area contributed by atoms with Crippen LogP contribution in [0.3, 0.4) is 0 Å². The fourth-order valence-electron chi connectivity index (χ4n) is 15.2. The maximum atomic E-state index is 12.2. The topological polar surface area (TPSA) is 234 Å². The van der Waals surface area contributed by atoms with Gasteiger partial charge in [0.15, 0.2) is 18.7 Å². The lowest BCUT2D eigenvalue weighted by Crippen LogP contribution is -2.65. The van der Waals surface area contributed by atoms with Gasteiger partial charge in [-0.15, -0.1) is 0 Å². The van der Waals surface area contributed by atoms with Crippen molar-refractivity contribution in [2.24, 2.45) is 44.8 Å². The zero-order chi connectivity index (χ0) is 42.3. The Morgan fingerprint density at radius 1 is 0.793 bits per heavy atom. The summed E-state index contributed by atoms with van der Waals surface area (Å²) in [5.74, 6) is -0.931. The van der Waals surface area contributed by atoms with Gasteiger partial charge >= 0.3 is 5.97 Å². The second-order valence-corrected chi connectivity index (χ2v) is 21.6. The second kappa shape index (κ2) is 14.2. The molecular formula is C43H70O15. The van der Waals surface area contributed by atoms with Crippen LogP contribution in [0.2, 0.25) is 0 Å². The predicted octanol–water partition coefficient (Wildman–Crippen LogP) is 1.29. The molecule has 0 unspecified atom stereocenters. The first-order chi connectivity index (χ1) is 26.9. The average molecular weight is 827 g/mol. The molecule has 0 aromatic rings. The van der Waals surface area contributed by atoms with Gasteiger partial charge in [-0.05, 0) is 117 Å². The summed E-state index contributed by atoms with van der Waals surface area (Å²) < 4.78 is 37.8. The highest BCUT2D eigenvalue weighted by atomic mass is 16.7. The predicted molar refractivity (Wildman–Crippen MR) is 203 cm³/mol. The number of esters is 1. The number of aliphatic hydroxyl groups is 8. The largest absolute Gasteiger partial charge is 0.454 e. The summed E-state index contributed by atoms with van der Waals surface area (Å²) in [6.45, 7) is 15.0. The van der Waals surface area contributed by atoms with Gasteiger partial charge in [-0.1, -0.05) is 27.7 Å². The van der Waals surface area contributed by atoms with Crippen LogP contribution >= 0.6 is 0 Å². The Bertz CT molecular complexity index is 1570. The van der Waals surface area contributed by atoms with Crippen molar-refractivity contribution in [3.63, 3.8) is 0 Å². The molecule has 21 atom stereocenters. The Kier molecular flexibility index (Phi) is 10.7. The van der Waals surface area contributed by atoms with Crippen molar-refractivity contribution in [3.05, 3.63) is 0 Å². The minimum absolute atomic E-state index is 0.0829.